The molecule has 0 aliphatic heterocycles. The van der Waals surface area contributed by atoms with E-state index >= 15 is 0 Å². The van der Waals surface area contributed by atoms with Crippen LogP contribution in [0.1, 0.15) is 18.2 Å². The lowest BCUT2D eigenvalue weighted by atomic mass is 10.0. The van der Waals surface area contributed by atoms with Crippen molar-refractivity contribution in [1.29, 1.82) is 0 Å². The zero-order valence-corrected chi connectivity index (χ0v) is 11.0. The molecule has 3 heteroatoms. The molecule has 1 atom stereocenters. The minimum atomic E-state index is 0.778. The predicted molar refractivity (Wildman–Crippen MR) is 63.3 cm³/mol. The molecule has 68 valence electrons. The smallest absolute Gasteiger partial charge is 0.0314 e. The molecule has 0 saturated carbocycles. The molecule has 0 aliphatic carbocycles. The van der Waals surface area contributed by atoms with Crippen molar-refractivity contribution in [2.24, 2.45) is 5.92 Å². The van der Waals surface area contributed by atoms with Gasteiger partial charge in [0.05, 0.1) is 0 Å². The molecule has 0 radical (unpaired) electrons. The molecule has 12 heavy (non-hydrogen) atoms. The molecule has 0 amide bonds. The molecule has 1 unspecified atom stereocenters. The molecule has 0 saturated heterocycles. The second-order valence-electron chi connectivity index (χ2n) is 2.82. The SMILES string of the molecule is CCC(CBr)Cc1sccc1Br. The first-order chi connectivity index (χ1) is 5.77. The molecule has 1 rings (SSSR count). The minimum Gasteiger partial charge on any atom is -0.148 e. The summed E-state index contributed by atoms with van der Waals surface area (Å²) in [5, 5.41) is 3.24. The first-order valence-corrected chi connectivity index (χ1v) is 6.85. The Morgan fingerprint density at radius 2 is 2.33 bits per heavy atom. The summed E-state index contributed by atoms with van der Waals surface area (Å²) < 4.78 is 1.27. The Labute approximate surface area is 94.6 Å². The van der Waals surface area contributed by atoms with Crippen molar-refractivity contribution >= 4 is 43.2 Å². The number of rotatable bonds is 4. The Bertz CT molecular complexity index is 228. The lowest BCUT2D eigenvalue weighted by molar-refractivity contribution is 0.577. The Hall–Kier alpha value is 0.660. The largest absolute Gasteiger partial charge is 0.148 e. The van der Waals surface area contributed by atoms with E-state index in [0.717, 1.165) is 11.2 Å². The highest BCUT2D eigenvalue weighted by molar-refractivity contribution is 9.10. The molecule has 0 nitrogen and oxygen atoms in total. The van der Waals surface area contributed by atoms with Gasteiger partial charge in [-0.2, -0.15) is 0 Å². The molecule has 1 aromatic rings. The van der Waals surface area contributed by atoms with Crippen LogP contribution in [-0.2, 0) is 6.42 Å². The van der Waals surface area contributed by atoms with Crippen LogP contribution in [0.3, 0.4) is 0 Å². The van der Waals surface area contributed by atoms with Gasteiger partial charge in [0.25, 0.3) is 0 Å². The average Bonchev–Trinajstić information content (AvgIpc) is 2.47. The van der Waals surface area contributed by atoms with E-state index in [1.54, 1.807) is 0 Å². The van der Waals surface area contributed by atoms with Crippen molar-refractivity contribution < 1.29 is 0 Å². The predicted octanol–water partition coefficient (Wildman–Crippen LogP) is 4.47. The summed E-state index contributed by atoms with van der Waals surface area (Å²) in [5.74, 6) is 0.778. The topological polar surface area (TPSA) is 0 Å². The third kappa shape index (κ3) is 2.86. The summed E-state index contributed by atoms with van der Waals surface area (Å²) in [6.45, 7) is 2.24. The zero-order valence-electron chi connectivity index (χ0n) is 7.02. The highest BCUT2D eigenvalue weighted by Gasteiger charge is 2.08. The number of alkyl halides is 1. The van der Waals surface area contributed by atoms with Gasteiger partial charge >= 0.3 is 0 Å². The van der Waals surface area contributed by atoms with Gasteiger partial charge in [0.15, 0.2) is 0 Å². The Morgan fingerprint density at radius 3 is 2.75 bits per heavy atom. The van der Waals surface area contributed by atoms with Crippen LogP contribution in [0.15, 0.2) is 15.9 Å². The maximum absolute atomic E-state index is 3.55. The van der Waals surface area contributed by atoms with Crippen molar-refractivity contribution in [3.63, 3.8) is 0 Å². The second-order valence-corrected chi connectivity index (χ2v) is 5.33. The molecule has 0 N–H and O–H groups in total. The first kappa shape index (κ1) is 10.7. The molecular formula is C9H12Br2S. The van der Waals surface area contributed by atoms with Gasteiger partial charge in [0, 0.05) is 14.7 Å². The molecule has 0 fully saturated rings. The van der Waals surface area contributed by atoms with E-state index in [0.29, 0.717) is 0 Å². The van der Waals surface area contributed by atoms with E-state index in [1.165, 1.54) is 22.2 Å². The van der Waals surface area contributed by atoms with Crippen LogP contribution >= 0.6 is 43.2 Å². The molecule has 1 heterocycles. The third-order valence-corrected chi connectivity index (χ3v) is 4.83. The quantitative estimate of drug-likeness (QED) is 0.719. The molecule has 1 aromatic heterocycles. The van der Waals surface area contributed by atoms with Crippen LogP contribution in [0.5, 0.6) is 0 Å². The van der Waals surface area contributed by atoms with Gasteiger partial charge in [-0.05, 0) is 39.7 Å². The van der Waals surface area contributed by atoms with Crippen molar-refractivity contribution in [3.8, 4) is 0 Å². The number of thiophene rings is 1. The van der Waals surface area contributed by atoms with E-state index < -0.39 is 0 Å². The van der Waals surface area contributed by atoms with E-state index in [1.807, 2.05) is 11.3 Å². The fourth-order valence-electron chi connectivity index (χ4n) is 1.04. The van der Waals surface area contributed by atoms with Crippen LogP contribution in [-0.4, -0.2) is 5.33 Å². The fraction of sp³-hybridized carbons (Fsp3) is 0.556. The van der Waals surface area contributed by atoms with Crippen LogP contribution in [0.4, 0.5) is 0 Å². The van der Waals surface area contributed by atoms with Crippen LogP contribution < -0.4 is 0 Å². The maximum Gasteiger partial charge on any atom is 0.0314 e. The van der Waals surface area contributed by atoms with Gasteiger partial charge < -0.3 is 0 Å². The highest BCUT2D eigenvalue weighted by Crippen LogP contribution is 2.26. The monoisotopic (exact) mass is 310 g/mol. The van der Waals surface area contributed by atoms with Crippen LogP contribution in [0.2, 0.25) is 0 Å². The van der Waals surface area contributed by atoms with Gasteiger partial charge in [-0.15, -0.1) is 11.3 Å². The Morgan fingerprint density at radius 1 is 1.58 bits per heavy atom. The molecule has 0 aromatic carbocycles. The third-order valence-electron chi connectivity index (χ3n) is 1.96. The van der Waals surface area contributed by atoms with E-state index in [4.69, 9.17) is 0 Å². The summed E-state index contributed by atoms with van der Waals surface area (Å²) in [7, 11) is 0. The first-order valence-electron chi connectivity index (χ1n) is 4.05. The lowest BCUT2D eigenvalue weighted by Gasteiger charge is -2.09. The number of hydrogen-bond acceptors (Lipinski definition) is 1. The van der Waals surface area contributed by atoms with Crippen molar-refractivity contribution in [2.45, 2.75) is 19.8 Å². The van der Waals surface area contributed by atoms with E-state index in [9.17, 15) is 0 Å². The van der Waals surface area contributed by atoms with Gasteiger partial charge in [-0.3, -0.25) is 0 Å². The van der Waals surface area contributed by atoms with Crippen LogP contribution in [0.25, 0.3) is 0 Å². The van der Waals surface area contributed by atoms with Crippen molar-refractivity contribution in [3.05, 3.63) is 20.8 Å². The minimum absolute atomic E-state index is 0.778. The van der Waals surface area contributed by atoms with Crippen molar-refractivity contribution in [2.75, 3.05) is 5.33 Å². The standard InChI is InChI=1S/C9H12Br2S/c1-2-7(6-10)5-9-8(11)3-4-12-9/h3-4,7H,2,5-6H2,1H3. The molecule has 0 aliphatic rings. The highest BCUT2D eigenvalue weighted by atomic mass is 79.9. The zero-order chi connectivity index (χ0) is 8.97. The molecule has 0 spiro atoms. The van der Waals surface area contributed by atoms with Gasteiger partial charge in [0.2, 0.25) is 0 Å². The maximum atomic E-state index is 3.55. The van der Waals surface area contributed by atoms with Crippen molar-refractivity contribution in [1.82, 2.24) is 0 Å². The average molecular weight is 312 g/mol. The van der Waals surface area contributed by atoms with Gasteiger partial charge in [0.1, 0.15) is 0 Å². The van der Waals surface area contributed by atoms with Gasteiger partial charge in [-0.1, -0.05) is 29.3 Å². The summed E-state index contributed by atoms with van der Waals surface area (Å²) >= 11 is 8.92. The number of halogens is 2. The lowest BCUT2D eigenvalue weighted by Crippen LogP contribution is -2.03. The summed E-state index contributed by atoms with van der Waals surface area (Å²) in [6, 6.07) is 2.13. The Balaban J connectivity index is 2.56. The van der Waals surface area contributed by atoms with Gasteiger partial charge in [-0.25, -0.2) is 0 Å². The molecular weight excluding hydrogens is 300 g/mol. The van der Waals surface area contributed by atoms with Crippen LogP contribution in [0, 0.1) is 5.92 Å². The molecule has 0 bridgehead atoms. The second kappa shape index (κ2) is 5.40. The summed E-state index contributed by atoms with van der Waals surface area (Å²) in [6.07, 6.45) is 2.44. The normalized spacial score (nSPS) is 13.2. The summed E-state index contributed by atoms with van der Waals surface area (Å²) in [4.78, 5) is 1.47. The van der Waals surface area contributed by atoms with E-state index in [-0.39, 0.29) is 0 Å². The fourth-order valence-corrected chi connectivity index (χ4v) is 3.36. The van der Waals surface area contributed by atoms with E-state index in [2.05, 4.69) is 50.2 Å². The summed E-state index contributed by atoms with van der Waals surface area (Å²) in [5.41, 5.74) is 0. The number of hydrogen-bond donors (Lipinski definition) is 0. The Kier molecular flexibility index (Phi) is 4.84.